The van der Waals surface area contributed by atoms with Crippen LogP contribution in [-0.2, 0) is 11.3 Å². The van der Waals surface area contributed by atoms with Gasteiger partial charge >= 0.3 is 0 Å². The average molecular weight is 331 g/mol. The zero-order chi connectivity index (χ0) is 16.1. The fourth-order valence-electron chi connectivity index (χ4n) is 1.94. The molecule has 2 aromatic heterocycles. The van der Waals surface area contributed by atoms with E-state index >= 15 is 0 Å². The minimum absolute atomic E-state index is 0.135. The number of benzene rings is 1. The number of ether oxygens (including phenoxy) is 1. The van der Waals surface area contributed by atoms with Crippen LogP contribution >= 0.6 is 11.3 Å². The monoisotopic (exact) mass is 331 g/mol. The number of amides is 1. The van der Waals surface area contributed by atoms with E-state index in [9.17, 15) is 9.18 Å². The highest BCUT2D eigenvalue weighted by atomic mass is 32.1. The lowest BCUT2D eigenvalue weighted by Gasteiger charge is -2.06. The highest BCUT2D eigenvalue weighted by Crippen LogP contribution is 2.26. The van der Waals surface area contributed by atoms with Crippen molar-refractivity contribution >= 4 is 17.2 Å². The third-order valence-electron chi connectivity index (χ3n) is 3.07. The van der Waals surface area contributed by atoms with Gasteiger partial charge in [-0.25, -0.2) is 4.39 Å². The van der Waals surface area contributed by atoms with Crippen LogP contribution in [0.4, 0.5) is 4.39 Å². The first-order valence-electron chi connectivity index (χ1n) is 6.98. The molecule has 0 aliphatic carbocycles. The van der Waals surface area contributed by atoms with Crippen molar-refractivity contribution in [2.45, 2.75) is 6.54 Å². The minimum Gasteiger partial charge on any atom is -0.484 e. The summed E-state index contributed by atoms with van der Waals surface area (Å²) in [6, 6.07) is 13.1. The second-order valence-electron chi connectivity index (χ2n) is 4.76. The molecule has 0 unspecified atom stereocenters. The molecule has 1 aromatic carbocycles. The molecular formula is C17H14FNO3S. The van der Waals surface area contributed by atoms with Crippen molar-refractivity contribution in [3.8, 4) is 16.4 Å². The van der Waals surface area contributed by atoms with E-state index in [1.54, 1.807) is 11.3 Å². The molecule has 1 amide bonds. The summed E-state index contributed by atoms with van der Waals surface area (Å²) in [7, 11) is 0. The lowest BCUT2D eigenvalue weighted by atomic mass is 10.3. The maximum absolute atomic E-state index is 12.8. The second-order valence-corrected chi connectivity index (χ2v) is 5.71. The molecule has 3 aromatic rings. The molecule has 118 valence electrons. The Labute approximate surface area is 136 Å². The van der Waals surface area contributed by atoms with Crippen molar-refractivity contribution in [2.75, 3.05) is 6.61 Å². The van der Waals surface area contributed by atoms with Gasteiger partial charge in [0.1, 0.15) is 23.1 Å². The van der Waals surface area contributed by atoms with E-state index in [0.717, 1.165) is 10.6 Å². The van der Waals surface area contributed by atoms with Gasteiger partial charge in [-0.3, -0.25) is 4.79 Å². The number of thiophene rings is 1. The molecule has 0 saturated heterocycles. The van der Waals surface area contributed by atoms with Crippen molar-refractivity contribution in [2.24, 2.45) is 0 Å². The maximum Gasteiger partial charge on any atom is 0.258 e. The maximum atomic E-state index is 12.8. The first-order valence-corrected chi connectivity index (χ1v) is 7.86. The summed E-state index contributed by atoms with van der Waals surface area (Å²) >= 11 is 1.59. The third kappa shape index (κ3) is 4.20. The van der Waals surface area contributed by atoms with Gasteiger partial charge in [-0.1, -0.05) is 6.07 Å². The Morgan fingerprint density at radius 1 is 1.17 bits per heavy atom. The van der Waals surface area contributed by atoms with E-state index in [1.807, 2.05) is 29.6 Å². The molecule has 0 bridgehead atoms. The normalized spacial score (nSPS) is 10.5. The Bertz CT molecular complexity index is 766. The van der Waals surface area contributed by atoms with Crippen LogP contribution in [0.15, 0.2) is 58.3 Å². The molecule has 0 radical (unpaired) electrons. The van der Waals surface area contributed by atoms with E-state index < -0.39 is 0 Å². The van der Waals surface area contributed by atoms with Crippen molar-refractivity contribution in [1.29, 1.82) is 0 Å². The predicted molar refractivity (Wildman–Crippen MR) is 85.8 cm³/mol. The zero-order valence-corrected chi connectivity index (χ0v) is 12.9. The van der Waals surface area contributed by atoms with Crippen molar-refractivity contribution in [1.82, 2.24) is 5.32 Å². The Morgan fingerprint density at radius 2 is 2.00 bits per heavy atom. The summed E-state index contributed by atoms with van der Waals surface area (Å²) in [5, 5.41) is 4.69. The van der Waals surface area contributed by atoms with E-state index in [0.29, 0.717) is 11.5 Å². The van der Waals surface area contributed by atoms with E-state index in [4.69, 9.17) is 9.15 Å². The van der Waals surface area contributed by atoms with Gasteiger partial charge in [-0.15, -0.1) is 11.3 Å². The quantitative estimate of drug-likeness (QED) is 0.746. The summed E-state index contributed by atoms with van der Waals surface area (Å²) < 4.78 is 23.7. The van der Waals surface area contributed by atoms with Crippen LogP contribution in [0.2, 0.25) is 0 Å². The SMILES string of the molecule is O=C(COc1ccc(F)cc1)NCc1ccc(-c2cccs2)o1. The van der Waals surface area contributed by atoms with Crippen LogP contribution in [0.5, 0.6) is 5.75 Å². The minimum atomic E-state index is -0.346. The van der Waals surface area contributed by atoms with Gasteiger partial charge in [0.2, 0.25) is 0 Å². The molecule has 4 nitrogen and oxygen atoms in total. The Kier molecular flexibility index (Phi) is 4.73. The summed E-state index contributed by atoms with van der Waals surface area (Å²) in [5.41, 5.74) is 0. The molecule has 0 fully saturated rings. The number of rotatable bonds is 6. The topological polar surface area (TPSA) is 51.5 Å². The van der Waals surface area contributed by atoms with Crippen LogP contribution in [0, 0.1) is 5.82 Å². The summed E-state index contributed by atoms with van der Waals surface area (Å²) in [6.45, 7) is 0.154. The Balaban J connectivity index is 1.46. The number of halogens is 1. The van der Waals surface area contributed by atoms with Gasteiger partial charge in [0.15, 0.2) is 6.61 Å². The molecule has 6 heteroatoms. The van der Waals surface area contributed by atoms with Crippen molar-refractivity contribution in [3.05, 3.63) is 65.5 Å². The van der Waals surface area contributed by atoms with E-state index in [2.05, 4.69) is 5.32 Å². The van der Waals surface area contributed by atoms with Gasteiger partial charge < -0.3 is 14.5 Å². The number of nitrogens with one attached hydrogen (secondary N) is 1. The molecule has 2 heterocycles. The fraction of sp³-hybridized carbons (Fsp3) is 0.118. The summed E-state index contributed by atoms with van der Waals surface area (Å²) in [6.07, 6.45) is 0. The lowest BCUT2D eigenvalue weighted by molar-refractivity contribution is -0.123. The van der Waals surface area contributed by atoms with E-state index in [-0.39, 0.29) is 24.9 Å². The third-order valence-corrected chi connectivity index (χ3v) is 3.95. The molecule has 0 aliphatic heterocycles. The Hall–Kier alpha value is -2.60. The second kappa shape index (κ2) is 7.11. The highest BCUT2D eigenvalue weighted by molar-refractivity contribution is 7.13. The van der Waals surface area contributed by atoms with E-state index in [1.165, 1.54) is 24.3 Å². The van der Waals surface area contributed by atoms with Crippen LogP contribution in [0.1, 0.15) is 5.76 Å². The van der Waals surface area contributed by atoms with Gasteiger partial charge in [-0.05, 0) is 47.8 Å². The Morgan fingerprint density at radius 3 is 2.74 bits per heavy atom. The van der Waals surface area contributed by atoms with Crippen molar-refractivity contribution < 1.29 is 18.3 Å². The molecule has 0 aliphatic rings. The molecule has 0 atom stereocenters. The molecule has 3 rings (SSSR count). The van der Waals surface area contributed by atoms with Crippen LogP contribution < -0.4 is 10.1 Å². The van der Waals surface area contributed by atoms with Crippen molar-refractivity contribution in [3.63, 3.8) is 0 Å². The first-order chi connectivity index (χ1) is 11.2. The molecule has 0 saturated carbocycles. The lowest BCUT2D eigenvalue weighted by Crippen LogP contribution is -2.28. The highest BCUT2D eigenvalue weighted by Gasteiger charge is 2.08. The standard InChI is InChI=1S/C17H14FNO3S/c18-12-3-5-13(6-4-12)21-11-17(20)19-10-14-7-8-15(22-14)16-2-1-9-23-16/h1-9H,10-11H2,(H,19,20). The van der Waals surface area contributed by atoms with Gasteiger partial charge in [0.25, 0.3) is 5.91 Å². The smallest absolute Gasteiger partial charge is 0.258 e. The predicted octanol–water partition coefficient (Wildman–Crippen LogP) is 3.84. The number of carbonyl (C=O) groups is 1. The molecular weight excluding hydrogens is 317 g/mol. The van der Waals surface area contributed by atoms with Gasteiger partial charge in [-0.2, -0.15) is 0 Å². The number of hydrogen-bond donors (Lipinski definition) is 1. The first kappa shape index (κ1) is 15.3. The van der Waals surface area contributed by atoms with Crippen LogP contribution in [0.25, 0.3) is 10.6 Å². The zero-order valence-electron chi connectivity index (χ0n) is 12.1. The van der Waals surface area contributed by atoms with Crippen LogP contribution in [-0.4, -0.2) is 12.5 Å². The average Bonchev–Trinajstić information content (AvgIpc) is 3.23. The van der Waals surface area contributed by atoms with Gasteiger partial charge in [0.05, 0.1) is 11.4 Å². The largest absolute Gasteiger partial charge is 0.484 e. The fourth-order valence-corrected chi connectivity index (χ4v) is 2.63. The summed E-state index contributed by atoms with van der Waals surface area (Å²) in [5.74, 6) is 1.28. The summed E-state index contributed by atoms with van der Waals surface area (Å²) in [4.78, 5) is 12.8. The number of furan rings is 1. The van der Waals surface area contributed by atoms with Gasteiger partial charge in [0, 0.05) is 0 Å². The molecule has 1 N–H and O–H groups in total. The number of carbonyl (C=O) groups excluding carboxylic acids is 1. The molecule has 0 spiro atoms. The number of hydrogen-bond acceptors (Lipinski definition) is 4. The van der Waals surface area contributed by atoms with Crippen LogP contribution in [0.3, 0.4) is 0 Å². The molecule has 23 heavy (non-hydrogen) atoms.